The van der Waals surface area contributed by atoms with Crippen molar-refractivity contribution in [3.8, 4) is 5.88 Å². The van der Waals surface area contributed by atoms with Gasteiger partial charge in [-0.3, -0.25) is 9.79 Å². The molecule has 1 aliphatic heterocycles. The number of halogens is 2. The molecule has 0 saturated heterocycles. The van der Waals surface area contributed by atoms with E-state index in [1.54, 1.807) is 0 Å². The molecule has 12 heteroatoms. The van der Waals surface area contributed by atoms with Crippen LogP contribution in [0.2, 0.25) is 0 Å². The number of amides is 1. The monoisotopic (exact) mass is 515 g/mol. The standard InChI is InChI=1S/C24H23F2N5O4S/c1-23(13-36(33,34)24(2,22(27)31-23)14-5-4-6-15(25)9-14)17-10-16(7-8-18(17)26)30-21(32)19-11-29-20(35-3)12-28-19/h4-12H,13H2,1-3H3,(H2,27,31)(H,30,32)/t23-,24-/m0/s1. The maximum Gasteiger partial charge on any atom is 0.275 e. The predicted octanol–water partition coefficient (Wildman–Crippen LogP) is 2.93. The third kappa shape index (κ3) is 4.28. The summed E-state index contributed by atoms with van der Waals surface area (Å²) in [5.74, 6) is -2.66. The van der Waals surface area contributed by atoms with Crippen LogP contribution in [0.1, 0.15) is 35.5 Å². The number of amidine groups is 1. The summed E-state index contributed by atoms with van der Waals surface area (Å²) in [7, 11) is -2.70. The molecule has 9 nitrogen and oxygen atoms in total. The van der Waals surface area contributed by atoms with E-state index in [0.717, 1.165) is 12.1 Å². The van der Waals surface area contributed by atoms with E-state index < -0.39 is 43.4 Å². The van der Waals surface area contributed by atoms with Crippen LogP contribution < -0.4 is 15.8 Å². The lowest BCUT2D eigenvalue weighted by Crippen LogP contribution is -2.54. The highest BCUT2D eigenvalue weighted by Crippen LogP contribution is 2.43. The summed E-state index contributed by atoms with van der Waals surface area (Å²) in [4.78, 5) is 24.8. The maximum atomic E-state index is 15.0. The number of nitrogens with one attached hydrogen (secondary N) is 1. The summed E-state index contributed by atoms with van der Waals surface area (Å²) in [6.45, 7) is 2.78. The van der Waals surface area contributed by atoms with Crippen molar-refractivity contribution in [1.29, 1.82) is 0 Å². The molecular weight excluding hydrogens is 492 g/mol. The van der Waals surface area contributed by atoms with E-state index in [0.29, 0.717) is 0 Å². The summed E-state index contributed by atoms with van der Waals surface area (Å²) >= 11 is 0. The van der Waals surface area contributed by atoms with Crippen LogP contribution in [0, 0.1) is 11.6 Å². The third-order valence-corrected chi connectivity index (χ3v) is 8.83. The molecule has 3 aromatic rings. The number of hydrogen-bond acceptors (Lipinski definition) is 8. The number of aromatic nitrogens is 2. The number of hydrogen-bond donors (Lipinski definition) is 2. The molecule has 0 aliphatic carbocycles. The lowest BCUT2D eigenvalue weighted by atomic mass is 9.91. The van der Waals surface area contributed by atoms with Crippen LogP contribution in [0.3, 0.4) is 0 Å². The van der Waals surface area contributed by atoms with Gasteiger partial charge in [0.25, 0.3) is 5.91 Å². The minimum atomic E-state index is -4.11. The average Bonchev–Trinajstić information content (AvgIpc) is 2.83. The fraction of sp³-hybridized carbons (Fsp3) is 0.250. The Morgan fingerprint density at radius 2 is 1.86 bits per heavy atom. The molecular formula is C24H23F2N5O4S. The van der Waals surface area contributed by atoms with Crippen LogP contribution in [0.5, 0.6) is 5.88 Å². The Hall–Kier alpha value is -3.93. The van der Waals surface area contributed by atoms with Crippen LogP contribution in [0.15, 0.2) is 59.9 Å². The molecule has 0 saturated carbocycles. The first-order valence-corrected chi connectivity index (χ1v) is 12.4. The second-order valence-electron chi connectivity index (χ2n) is 8.67. The Kier molecular flexibility index (Phi) is 6.25. The smallest absolute Gasteiger partial charge is 0.275 e. The molecule has 0 fully saturated rings. The molecule has 2 heterocycles. The van der Waals surface area contributed by atoms with E-state index in [-0.39, 0.29) is 34.2 Å². The molecule has 0 unspecified atom stereocenters. The number of rotatable bonds is 5. The van der Waals surface area contributed by atoms with Crippen molar-refractivity contribution in [2.45, 2.75) is 24.1 Å². The third-order valence-electron chi connectivity index (χ3n) is 6.20. The molecule has 3 N–H and O–H groups in total. The van der Waals surface area contributed by atoms with Crippen molar-refractivity contribution in [2.75, 3.05) is 18.2 Å². The largest absolute Gasteiger partial charge is 0.480 e. The number of anilines is 1. The van der Waals surface area contributed by atoms with Crippen molar-refractivity contribution < 1.29 is 26.7 Å². The summed E-state index contributed by atoms with van der Waals surface area (Å²) in [5.41, 5.74) is 4.77. The van der Waals surface area contributed by atoms with Gasteiger partial charge in [-0.25, -0.2) is 27.2 Å². The van der Waals surface area contributed by atoms with Crippen molar-refractivity contribution in [3.63, 3.8) is 0 Å². The van der Waals surface area contributed by atoms with Crippen LogP contribution in [0.25, 0.3) is 0 Å². The Labute approximate surface area is 206 Å². The van der Waals surface area contributed by atoms with Crippen molar-refractivity contribution in [3.05, 3.63) is 83.3 Å². The number of methoxy groups -OCH3 is 1. The lowest BCUT2D eigenvalue weighted by Gasteiger charge is -2.40. The van der Waals surface area contributed by atoms with Crippen LogP contribution >= 0.6 is 0 Å². The number of benzene rings is 2. The molecule has 0 radical (unpaired) electrons. The first kappa shape index (κ1) is 25.2. The number of ether oxygens (including phenoxy) is 1. The van der Waals surface area contributed by atoms with Crippen LogP contribution in [-0.4, -0.2) is 43.0 Å². The summed E-state index contributed by atoms with van der Waals surface area (Å²) < 4.78 is 59.0. The zero-order chi connectivity index (χ0) is 26.3. The Balaban J connectivity index is 1.71. The molecule has 1 amide bonds. The van der Waals surface area contributed by atoms with Gasteiger partial charge in [0, 0.05) is 11.3 Å². The second-order valence-corrected chi connectivity index (χ2v) is 11.0. The van der Waals surface area contributed by atoms with Crippen LogP contribution in [0.4, 0.5) is 14.5 Å². The van der Waals surface area contributed by atoms with Crippen molar-refractivity contribution in [1.82, 2.24) is 9.97 Å². The first-order valence-electron chi connectivity index (χ1n) is 10.7. The number of carbonyl (C=O) groups is 1. The second kappa shape index (κ2) is 8.94. The summed E-state index contributed by atoms with van der Waals surface area (Å²) in [6, 6.07) is 8.80. The van der Waals surface area contributed by atoms with E-state index in [9.17, 15) is 22.0 Å². The topological polar surface area (TPSA) is 137 Å². The molecule has 188 valence electrons. The molecule has 1 aromatic heterocycles. The average molecular weight is 516 g/mol. The summed E-state index contributed by atoms with van der Waals surface area (Å²) in [5, 5.41) is 2.58. The van der Waals surface area contributed by atoms with Crippen molar-refractivity contribution >= 4 is 27.3 Å². The highest BCUT2D eigenvalue weighted by molar-refractivity contribution is 7.93. The lowest BCUT2D eigenvalue weighted by molar-refractivity contribution is 0.102. The van der Waals surface area contributed by atoms with Gasteiger partial charge in [-0.05, 0) is 49.7 Å². The van der Waals surface area contributed by atoms with Gasteiger partial charge in [0.2, 0.25) is 5.88 Å². The number of nitrogens with two attached hydrogens (primary N) is 1. The molecule has 36 heavy (non-hydrogen) atoms. The zero-order valence-electron chi connectivity index (χ0n) is 19.6. The van der Waals surface area contributed by atoms with Gasteiger partial charge in [0.1, 0.15) is 28.7 Å². The van der Waals surface area contributed by atoms with Crippen LogP contribution in [-0.2, 0) is 20.1 Å². The Morgan fingerprint density at radius 1 is 1.11 bits per heavy atom. The quantitative estimate of drug-likeness (QED) is 0.533. The molecule has 4 rings (SSSR count). The minimum absolute atomic E-state index is 0.0127. The minimum Gasteiger partial charge on any atom is -0.480 e. The Morgan fingerprint density at radius 3 is 2.47 bits per heavy atom. The highest BCUT2D eigenvalue weighted by atomic mass is 32.2. The van der Waals surface area contributed by atoms with Gasteiger partial charge in [-0.15, -0.1) is 0 Å². The molecule has 0 bridgehead atoms. The van der Waals surface area contributed by atoms with E-state index in [2.05, 4.69) is 20.3 Å². The fourth-order valence-electron chi connectivity index (χ4n) is 4.08. The van der Waals surface area contributed by atoms with Gasteiger partial charge < -0.3 is 15.8 Å². The van der Waals surface area contributed by atoms with E-state index >= 15 is 0 Å². The number of sulfone groups is 1. The first-order chi connectivity index (χ1) is 16.9. The van der Waals surface area contributed by atoms with Gasteiger partial charge in [-0.1, -0.05) is 12.1 Å². The predicted molar refractivity (Wildman–Crippen MR) is 129 cm³/mol. The van der Waals surface area contributed by atoms with Gasteiger partial charge in [0.15, 0.2) is 14.6 Å². The molecule has 1 aliphatic rings. The van der Waals surface area contributed by atoms with E-state index in [1.807, 2.05) is 0 Å². The summed E-state index contributed by atoms with van der Waals surface area (Å²) in [6.07, 6.45) is 2.48. The van der Waals surface area contributed by atoms with Gasteiger partial charge in [0.05, 0.1) is 25.3 Å². The number of aliphatic imine (C=N–C) groups is 1. The fourth-order valence-corrected chi connectivity index (χ4v) is 6.18. The van der Waals surface area contributed by atoms with Gasteiger partial charge in [-0.2, -0.15) is 0 Å². The Bertz CT molecular complexity index is 1480. The van der Waals surface area contributed by atoms with Crippen molar-refractivity contribution in [2.24, 2.45) is 10.7 Å². The normalized spacial score (nSPS) is 23.0. The number of nitrogens with zero attached hydrogens (tertiary/aromatic N) is 3. The van der Waals surface area contributed by atoms with E-state index in [4.69, 9.17) is 10.5 Å². The van der Waals surface area contributed by atoms with Gasteiger partial charge >= 0.3 is 0 Å². The SMILES string of the molecule is COc1cnc(C(=O)Nc2ccc(F)c([C@]3(C)CS(=O)(=O)[C@@](C)(c4cccc(F)c4)C(N)=N3)c2)cn1. The highest BCUT2D eigenvalue weighted by Gasteiger charge is 2.53. The zero-order valence-corrected chi connectivity index (χ0v) is 20.4. The molecule has 0 spiro atoms. The molecule has 2 aromatic carbocycles. The van der Waals surface area contributed by atoms with E-state index in [1.165, 1.54) is 63.7 Å². The number of carbonyl (C=O) groups excluding carboxylic acids is 1. The maximum absolute atomic E-state index is 15.0. The molecule has 2 atom stereocenters.